The van der Waals surface area contributed by atoms with Crippen molar-refractivity contribution in [1.82, 2.24) is 10.3 Å². The number of anilines is 1. The summed E-state index contributed by atoms with van der Waals surface area (Å²) in [7, 11) is 0. The van der Waals surface area contributed by atoms with Gasteiger partial charge in [-0.25, -0.2) is 0 Å². The van der Waals surface area contributed by atoms with E-state index in [1.54, 1.807) is 12.4 Å². The van der Waals surface area contributed by atoms with Crippen molar-refractivity contribution in [2.45, 2.75) is 18.8 Å². The van der Waals surface area contributed by atoms with Crippen molar-refractivity contribution in [2.24, 2.45) is 0 Å². The van der Waals surface area contributed by atoms with E-state index in [0.29, 0.717) is 13.0 Å². The third kappa shape index (κ3) is 4.22. The van der Waals surface area contributed by atoms with Crippen LogP contribution in [0.2, 0.25) is 0 Å². The van der Waals surface area contributed by atoms with Crippen molar-refractivity contribution in [3.8, 4) is 0 Å². The third-order valence-corrected chi connectivity index (χ3v) is 5.37. The van der Waals surface area contributed by atoms with E-state index in [-0.39, 0.29) is 11.8 Å². The number of aromatic nitrogens is 1. The molecule has 0 radical (unpaired) electrons. The molecule has 1 amide bonds. The Balaban J connectivity index is 1.40. The van der Waals surface area contributed by atoms with Crippen molar-refractivity contribution >= 4 is 11.6 Å². The average molecular weight is 371 g/mol. The minimum atomic E-state index is -0.200. The molecule has 1 N–H and O–H groups in total. The highest BCUT2D eigenvalue weighted by Crippen LogP contribution is 2.27. The maximum Gasteiger partial charge on any atom is 0.227 e. The van der Waals surface area contributed by atoms with Crippen LogP contribution in [-0.2, 0) is 17.6 Å². The lowest BCUT2D eigenvalue weighted by atomic mass is 9.91. The van der Waals surface area contributed by atoms with E-state index in [9.17, 15) is 4.79 Å². The zero-order valence-corrected chi connectivity index (χ0v) is 15.9. The summed E-state index contributed by atoms with van der Waals surface area (Å²) < 4.78 is 0. The molecule has 2 heterocycles. The highest BCUT2D eigenvalue weighted by Gasteiger charge is 2.22. The molecule has 0 aliphatic carbocycles. The first kappa shape index (κ1) is 18.2. The molecule has 0 spiro atoms. The Morgan fingerprint density at radius 2 is 1.75 bits per heavy atom. The van der Waals surface area contributed by atoms with Crippen molar-refractivity contribution in [3.63, 3.8) is 0 Å². The van der Waals surface area contributed by atoms with Crippen LogP contribution in [0.15, 0.2) is 79.1 Å². The van der Waals surface area contributed by atoms with Gasteiger partial charge in [0.15, 0.2) is 0 Å². The maximum absolute atomic E-state index is 13.0. The van der Waals surface area contributed by atoms with Gasteiger partial charge in [-0.05, 0) is 47.7 Å². The third-order valence-electron chi connectivity index (χ3n) is 5.37. The summed E-state index contributed by atoms with van der Waals surface area (Å²) in [6.45, 7) is 2.50. The lowest BCUT2D eigenvalue weighted by Gasteiger charge is -2.21. The van der Waals surface area contributed by atoms with Crippen molar-refractivity contribution in [2.75, 3.05) is 24.5 Å². The van der Waals surface area contributed by atoms with Gasteiger partial charge in [0.05, 0.1) is 5.92 Å². The number of rotatable bonds is 7. The lowest BCUT2D eigenvalue weighted by molar-refractivity contribution is -0.122. The Morgan fingerprint density at radius 3 is 2.57 bits per heavy atom. The smallest absolute Gasteiger partial charge is 0.227 e. The summed E-state index contributed by atoms with van der Waals surface area (Å²) in [6.07, 6.45) is 5.31. The summed E-state index contributed by atoms with van der Waals surface area (Å²) in [5.41, 5.74) is 4.86. The van der Waals surface area contributed by atoms with Crippen molar-refractivity contribution in [3.05, 3.63) is 95.8 Å². The lowest BCUT2D eigenvalue weighted by Crippen LogP contribution is -2.37. The van der Waals surface area contributed by atoms with Crippen LogP contribution < -0.4 is 10.2 Å². The number of carbonyl (C=O) groups excluding carboxylic acids is 1. The summed E-state index contributed by atoms with van der Waals surface area (Å²) in [6, 6.07) is 22.5. The standard InChI is InChI=1S/C24H25N3O/c28-24(26-15-17-27-16-12-21-8-4-5-9-23(21)27)22(20-6-2-1-3-7-20)18-19-10-13-25-14-11-19/h1-11,13-14,22H,12,15-18H2,(H,26,28). The molecule has 0 saturated carbocycles. The molecule has 0 bridgehead atoms. The molecule has 1 aliphatic rings. The summed E-state index contributed by atoms with van der Waals surface area (Å²) in [5, 5.41) is 3.16. The Kier molecular flexibility index (Phi) is 5.66. The number of benzene rings is 2. The van der Waals surface area contributed by atoms with Gasteiger partial charge in [-0.15, -0.1) is 0 Å². The van der Waals surface area contributed by atoms with Gasteiger partial charge >= 0.3 is 0 Å². The molecule has 1 aromatic heterocycles. The van der Waals surface area contributed by atoms with Crippen LogP contribution in [0.4, 0.5) is 5.69 Å². The van der Waals surface area contributed by atoms with Gasteiger partial charge in [0.2, 0.25) is 5.91 Å². The molecule has 3 aromatic rings. The average Bonchev–Trinajstić information content (AvgIpc) is 3.16. The molecule has 1 unspecified atom stereocenters. The number of nitrogens with one attached hydrogen (secondary N) is 1. The SMILES string of the molecule is O=C(NCCN1CCc2ccccc21)C(Cc1ccncc1)c1ccccc1. The van der Waals surface area contributed by atoms with E-state index >= 15 is 0 Å². The largest absolute Gasteiger partial charge is 0.369 e. The number of para-hydroxylation sites is 1. The molecule has 142 valence electrons. The second-order valence-electron chi connectivity index (χ2n) is 7.18. The van der Waals surface area contributed by atoms with Crippen molar-refractivity contribution < 1.29 is 4.79 Å². The molecule has 4 heteroatoms. The van der Waals surface area contributed by atoms with Crippen LogP contribution in [-0.4, -0.2) is 30.5 Å². The Bertz CT molecular complexity index is 911. The molecular weight excluding hydrogens is 346 g/mol. The number of carbonyl (C=O) groups is 1. The van der Waals surface area contributed by atoms with E-state index in [0.717, 1.165) is 30.6 Å². The predicted octanol–water partition coefficient (Wildman–Crippen LogP) is 3.59. The second-order valence-corrected chi connectivity index (χ2v) is 7.18. The van der Waals surface area contributed by atoms with Crippen LogP contribution in [0.5, 0.6) is 0 Å². The molecule has 1 atom stereocenters. The van der Waals surface area contributed by atoms with Gasteiger partial charge in [0.25, 0.3) is 0 Å². The van der Waals surface area contributed by atoms with Crippen LogP contribution >= 0.6 is 0 Å². The zero-order chi connectivity index (χ0) is 19.2. The summed E-state index contributed by atoms with van der Waals surface area (Å²) in [5.74, 6) is -0.120. The fourth-order valence-corrected chi connectivity index (χ4v) is 3.88. The molecular formula is C24H25N3O. The van der Waals surface area contributed by atoms with E-state index in [1.807, 2.05) is 42.5 Å². The number of pyridine rings is 1. The summed E-state index contributed by atoms with van der Waals surface area (Å²) >= 11 is 0. The van der Waals surface area contributed by atoms with E-state index in [1.165, 1.54) is 11.3 Å². The van der Waals surface area contributed by atoms with Crippen molar-refractivity contribution in [1.29, 1.82) is 0 Å². The first-order valence-electron chi connectivity index (χ1n) is 9.85. The topological polar surface area (TPSA) is 45.2 Å². The normalized spacial score (nSPS) is 13.8. The summed E-state index contributed by atoms with van der Waals surface area (Å²) in [4.78, 5) is 19.5. The number of hydrogen-bond acceptors (Lipinski definition) is 3. The molecule has 4 nitrogen and oxygen atoms in total. The number of hydrogen-bond donors (Lipinski definition) is 1. The number of nitrogens with zero attached hydrogens (tertiary/aromatic N) is 2. The Morgan fingerprint density at radius 1 is 1.00 bits per heavy atom. The first-order chi connectivity index (χ1) is 13.8. The van der Waals surface area contributed by atoms with Gasteiger partial charge in [-0.2, -0.15) is 0 Å². The maximum atomic E-state index is 13.0. The fourth-order valence-electron chi connectivity index (χ4n) is 3.88. The molecule has 0 fully saturated rings. The minimum Gasteiger partial charge on any atom is -0.369 e. The first-order valence-corrected chi connectivity index (χ1v) is 9.85. The second kappa shape index (κ2) is 8.70. The van der Waals surface area contributed by atoms with E-state index in [2.05, 4.69) is 39.5 Å². The van der Waals surface area contributed by atoms with Crippen LogP contribution in [0.25, 0.3) is 0 Å². The Hall–Kier alpha value is -3.14. The molecule has 2 aromatic carbocycles. The minimum absolute atomic E-state index is 0.0792. The van der Waals surface area contributed by atoms with Gasteiger partial charge in [0.1, 0.15) is 0 Å². The highest BCUT2D eigenvalue weighted by molar-refractivity contribution is 5.84. The van der Waals surface area contributed by atoms with E-state index < -0.39 is 0 Å². The molecule has 28 heavy (non-hydrogen) atoms. The Labute approximate surface area is 166 Å². The van der Waals surface area contributed by atoms with Gasteiger partial charge in [-0.1, -0.05) is 48.5 Å². The number of amides is 1. The van der Waals surface area contributed by atoms with E-state index in [4.69, 9.17) is 0 Å². The predicted molar refractivity (Wildman–Crippen MR) is 112 cm³/mol. The van der Waals surface area contributed by atoms with Crippen LogP contribution in [0, 0.1) is 0 Å². The molecule has 4 rings (SSSR count). The van der Waals surface area contributed by atoms with Crippen LogP contribution in [0.1, 0.15) is 22.6 Å². The van der Waals surface area contributed by atoms with Gasteiger partial charge in [-0.3, -0.25) is 9.78 Å². The number of fused-ring (bicyclic) bond motifs is 1. The zero-order valence-electron chi connectivity index (χ0n) is 15.9. The van der Waals surface area contributed by atoms with Gasteiger partial charge < -0.3 is 10.2 Å². The molecule has 0 saturated heterocycles. The monoisotopic (exact) mass is 371 g/mol. The quantitative estimate of drug-likeness (QED) is 0.690. The van der Waals surface area contributed by atoms with Gasteiger partial charge in [0, 0.05) is 37.7 Å². The highest BCUT2D eigenvalue weighted by atomic mass is 16.1. The van der Waals surface area contributed by atoms with Crippen LogP contribution in [0.3, 0.4) is 0 Å². The molecule has 1 aliphatic heterocycles. The fraction of sp³-hybridized carbons (Fsp3) is 0.250.